The maximum Gasteiger partial charge on any atom is 0.131 e. The van der Waals surface area contributed by atoms with E-state index in [0.29, 0.717) is 0 Å². The molecule has 2 aromatic rings. The summed E-state index contributed by atoms with van der Waals surface area (Å²) < 4.78 is 7.19. The maximum absolute atomic E-state index is 6.17. The van der Waals surface area contributed by atoms with E-state index in [0.717, 1.165) is 40.8 Å². The summed E-state index contributed by atoms with van der Waals surface area (Å²) in [6.45, 7) is 4.24. The van der Waals surface area contributed by atoms with Crippen molar-refractivity contribution in [3.8, 4) is 11.5 Å². The number of ether oxygens (including phenoxy) is 1. The van der Waals surface area contributed by atoms with Crippen LogP contribution in [0.25, 0.3) is 0 Å². The molecule has 21 heavy (non-hydrogen) atoms. The van der Waals surface area contributed by atoms with Gasteiger partial charge in [0, 0.05) is 10.5 Å². The molecule has 0 aliphatic rings. The third kappa shape index (κ3) is 4.32. The van der Waals surface area contributed by atoms with Crippen LogP contribution < -0.4 is 10.5 Å². The van der Waals surface area contributed by atoms with Crippen molar-refractivity contribution in [3.05, 3.63) is 58.1 Å². The van der Waals surface area contributed by atoms with E-state index in [1.165, 1.54) is 5.56 Å². The first-order chi connectivity index (χ1) is 10.1. The lowest BCUT2D eigenvalue weighted by Gasteiger charge is -2.16. The van der Waals surface area contributed by atoms with Gasteiger partial charge in [0.25, 0.3) is 0 Å². The van der Waals surface area contributed by atoms with Crippen LogP contribution in [0.1, 0.15) is 31.4 Å². The topological polar surface area (TPSA) is 35.2 Å². The monoisotopic (exact) mass is 347 g/mol. The Bertz CT molecular complexity index is 598. The first-order valence-electron chi connectivity index (χ1n) is 7.43. The Morgan fingerprint density at radius 2 is 1.81 bits per heavy atom. The molecular formula is C18H22BrNO. The van der Waals surface area contributed by atoms with E-state index >= 15 is 0 Å². The van der Waals surface area contributed by atoms with E-state index < -0.39 is 0 Å². The Morgan fingerprint density at radius 1 is 1.05 bits per heavy atom. The Morgan fingerprint density at radius 3 is 2.52 bits per heavy atom. The molecule has 2 nitrogen and oxygen atoms in total. The molecule has 2 aromatic carbocycles. The van der Waals surface area contributed by atoms with Crippen LogP contribution in [0, 0.1) is 0 Å². The van der Waals surface area contributed by atoms with Gasteiger partial charge in [-0.25, -0.2) is 0 Å². The molecule has 0 aromatic heterocycles. The van der Waals surface area contributed by atoms with Crippen LogP contribution in [0.5, 0.6) is 11.5 Å². The molecule has 0 heterocycles. The molecule has 0 bridgehead atoms. The molecular weight excluding hydrogens is 326 g/mol. The van der Waals surface area contributed by atoms with E-state index in [4.69, 9.17) is 10.5 Å². The molecule has 1 atom stereocenters. The molecule has 0 aliphatic carbocycles. The molecule has 0 fully saturated rings. The van der Waals surface area contributed by atoms with Crippen LogP contribution in [-0.2, 0) is 12.8 Å². The molecule has 0 spiro atoms. The van der Waals surface area contributed by atoms with Gasteiger partial charge in [0.15, 0.2) is 0 Å². The zero-order chi connectivity index (χ0) is 15.2. The van der Waals surface area contributed by atoms with Crippen LogP contribution in [0.4, 0.5) is 0 Å². The van der Waals surface area contributed by atoms with E-state index in [1.807, 2.05) is 30.3 Å². The zero-order valence-electron chi connectivity index (χ0n) is 12.6. The Kier molecular flexibility index (Phi) is 5.83. The van der Waals surface area contributed by atoms with E-state index in [-0.39, 0.29) is 6.04 Å². The summed E-state index contributed by atoms with van der Waals surface area (Å²) in [7, 11) is 0. The molecule has 2 rings (SSSR count). The van der Waals surface area contributed by atoms with Crippen molar-refractivity contribution in [1.82, 2.24) is 0 Å². The van der Waals surface area contributed by atoms with Gasteiger partial charge in [0.05, 0.1) is 0 Å². The lowest BCUT2D eigenvalue weighted by Crippen LogP contribution is -2.21. The summed E-state index contributed by atoms with van der Waals surface area (Å²) in [5, 5.41) is 0. The molecule has 0 saturated heterocycles. The van der Waals surface area contributed by atoms with Crippen LogP contribution in [0.15, 0.2) is 46.9 Å². The minimum absolute atomic E-state index is 0.162. The molecule has 0 saturated carbocycles. The van der Waals surface area contributed by atoms with Crippen molar-refractivity contribution in [2.45, 2.75) is 39.2 Å². The molecule has 2 N–H and O–H groups in total. The fraction of sp³-hybridized carbons (Fsp3) is 0.333. The predicted molar refractivity (Wildman–Crippen MR) is 92.0 cm³/mol. The predicted octanol–water partition coefficient (Wildman–Crippen LogP) is 5.08. The third-order valence-electron chi connectivity index (χ3n) is 3.61. The van der Waals surface area contributed by atoms with Gasteiger partial charge >= 0.3 is 0 Å². The fourth-order valence-corrected chi connectivity index (χ4v) is 2.57. The quantitative estimate of drug-likeness (QED) is 0.790. The second kappa shape index (κ2) is 7.62. The van der Waals surface area contributed by atoms with Gasteiger partial charge in [0.1, 0.15) is 11.5 Å². The summed E-state index contributed by atoms with van der Waals surface area (Å²) in [5.74, 6) is 1.80. The number of aryl methyl sites for hydroxylation is 1. The highest BCUT2D eigenvalue weighted by Gasteiger charge is 2.11. The van der Waals surface area contributed by atoms with Gasteiger partial charge in [-0.3, -0.25) is 0 Å². The number of halogens is 1. The van der Waals surface area contributed by atoms with Crippen LogP contribution in [-0.4, -0.2) is 6.04 Å². The minimum Gasteiger partial charge on any atom is -0.457 e. The molecule has 112 valence electrons. The summed E-state index contributed by atoms with van der Waals surface area (Å²) in [6, 6.07) is 14.5. The van der Waals surface area contributed by atoms with Crippen molar-refractivity contribution >= 4 is 15.9 Å². The normalized spacial score (nSPS) is 12.2. The van der Waals surface area contributed by atoms with Crippen molar-refractivity contribution in [3.63, 3.8) is 0 Å². The number of rotatable bonds is 6. The zero-order valence-corrected chi connectivity index (χ0v) is 14.2. The van der Waals surface area contributed by atoms with Crippen molar-refractivity contribution in [2.75, 3.05) is 0 Å². The van der Waals surface area contributed by atoms with Crippen molar-refractivity contribution < 1.29 is 4.74 Å². The highest BCUT2D eigenvalue weighted by molar-refractivity contribution is 9.10. The second-order valence-corrected chi connectivity index (χ2v) is 6.10. The van der Waals surface area contributed by atoms with Gasteiger partial charge in [-0.2, -0.15) is 0 Å². The Labute approximate surface area is 135 Å². The lowest BCUT2D eigenvalue weighted by molar-refractivity contribution is 0.466. The average Bonchev–Trinajstić information content (AvgIpc) is 2.50. The maximum atomic E-state index is 6.17. The third-order valence-corrected chi connectivity index (χ3v) is 4.10. The van der Waals surface area contributed by atoms with E-state index in [1.54, 1.807) is 0 Å². The van der Waals surface area contributed by atoms with Crippen LogP contribution in [0.2, 0.25) is 0 Å². The minimum atomic E-state index is 0.162. The molecule has 3 heteroatoms. The van der Waals surface area contributed by atoms with Crippen molar-refractivity contribution in [1.29, 1.82) is 0 Å². The average molecular weight is 348 g/mol. The SMILES string of the molecule is CCc1ccccc1Oc1cc(Br)ccc1CC(N)CC. The van der Waals surface area contributed by atoms with Gasteiger partial charge in [0.2, 0.25) is 0 Å². The number of nitrogens with two attached hydrogens (primary N) is 1. The van der Waals surface area contributed by atoms with Gasteiger partial charge in [-0.05, 0) is 48.6 Å². The van der Waals surface area contributed by atoms with Gasteiger partial charge in [-0.15, -0.1) is 0 Å². The number of para-hydroxylation sites is 1. The standard InChI is InChI=1S/C18H22BrNO/c1-3-13-7-5-6-8-17(13)21-18-12-15(19)10-9-14(18)11-16(20)4-2/h5-10,12,16H,3-4,11,20H2,1-2H3. The van der Waals surface area contributed by atoms with Crippen LogP contribution in [0.3, 0.4) is 0 Å². The molecule has 0 amide bonds. The number of hydrogen-bond acceptors (Lipinski definition) is 2. The molecule has 1 unspecified atom stereocenters. The Hall–Kier alpha value is -1.32. The lowest BCUT2D eigenvalue weighted by atomic mass is 10.0. The second-order valence-electron chi connectivity index (χ2n) is 5.19. The first kappa shape index (κ1) is 16.1. The van der Waals surface area contributed by atoms with E-state index in [2.05, 4.69) is 41.9 Å². The number of hydrogen-bond donors (Lipinski definition) is 1. The first-order valence-corrected chi connectivity index (χ1v) is 8.23. The summed E-state index contributed by atoms with van der Waals surface area (Å²) in [6.07, 6.45) is 2.74. The van der Waals surface area contributed by atoms with E-state index in [9.17, 15) is 0 Å². The summed E-state index contributed by atoms with van der Waals surface area (Å²) in [5.41, 5.74) is 8.46. The van der Waals surface area contributed by atoms with Crippen molar-refractivity contribution in [2.24, 2.45) is 5.73 Å². The summed E-state index contributed by atoms with van der Waals surface area (Å²) >= 11 is 3.52. The van der Waals surface area contributed by atoms with Gasteiger partial charge in [-0.1, -0.05) is 54.0 Å². The molecule has 0 aliphatic heterocycles. The summed E-state index contributed by atoms with van der Waals surface area (Å²) in [4.78, 5) is 0. The van der Waals surface area contributed by atoms with Gasteiger partial charge < -0.3 is 10.5 Å². The fourth-order valence-electron chi connectivity index (χ4n) is 2.23. The largest absolute Gasteiger partial charge is 0.457 e. The smallest absolute Gasteiger partial charge is 0.131 e. The highest BCUT2D eigenvalue weighted by Crippen LogP contribution is 2.31. The highest BCUT2D eigenvalue weighted by atomic mass is 79.9. The number of benzene rings is 2. The van der Waals surface area contributed by atoms with Crippen LogP contribution >= 0.6 is 15.9 Å². The Balaban J connectivity index is 2.31. The molecule has 0 radical (unpaired) electrons.